The van der Waals surface area contributed by atoms with E-state index in [1.54, 1.807) is 0 Å². The first-order chi connectivity index (χ1) is 9.11. The SMILES string of the molecule is CCCNC(c1csc(C)c1)c1ccc(Br)cc1C. The average Bonchev–Trinajstić information content (AvgIpc) is 2.78. The number of benzene rings is 1. The molecular weight excluding hydrogens is 318 g/mol. The van der Waals surface area contributed by atoms with E-state index in [1.807, 2.05) is 11.3 Å². The summed E-state index contributed by atoms with van der Waals surface area (Å²) in [5, 5.41) is 5.93. The van der Waals surface area contributed by atoms with Crippen LogP contribution in [0.15, 0.2) is 34.1 Å². The molecule has 1 aromatic heterocycles. The van der Waals surface area contributed by atoms with Gasteiger partial charge in [0, 0.05) is 9.35 Å². The summed E-state index contributed by atoms with van der Waals surface area (Å²) in [5.41, 5.74) is 4.07. The molecule has 1 unspecified atom stereocenters. The van der Waals surface area contributed by atoms with Gasteiger partial charge in [0.05, 0.1) is 6.04 Å². The maximum absolute atomic E-state index is 3.67. The van der Waals surface area contributed by atoms with Gasteiger partial charge in [-0.05, 0) is 67.1 Å². The van der Waals surface area contributed by atoms with Crippen molar-refractivity contribution in [3.8, 4) is 0 Å². The average molecular weight is 338 g/mol. The summed E-state index contributed by atoms with van der Waals surface area (Å²) in [5.74, 6) is 0. The summed E-state index contributed by atoms with van der Waals surface area (Å²) >= 11 is 5.36. The number of aryl methyl sites for hydroxylation is 2. The summed E-state index contributed by atoms with van der Waals surface area (Å²) in [4.78, 5) is 1.37. The third kappa shape index (κ3) is 3.68. The summed E-state index contributed by atoms with van der Waals surface area (Å²) in [6, 6.07) is 9.13. The minimum absolute atomic E-state index is 0.304. The van der Waals surface area contributed by atoms with E-state index in [1.165, 1.54) is 21.6 Å². The third-order valence-electron chi connectivity index (χ3n) is 3.23. The van der Waals surface area contributed by atoms with Crippen molar-refractivity contribution in [3.63, 3.8) is 0 Å². The van der Waals surface area contributed by atoms with Crippen molar-refractivity contribution in [3.05, 3.63) is 55.7 Å². The first kappa shape index (κ1) is 14.8. The first-order valence-corrected chi connectivity index (χ1v) is 8.33. The lowest BCUT2D eigenvalue weighted by Crippen LogP contribution is -2.23. The van der Waals surface area contributed by atoms with E-state index in [0.717, 1.165) is 17.4 Å². The largest absolute Gasteiger partial charge is 0.306 e. The predicted molar refractivity (Wildman–Crippen MR) is 88.1 cm³/mol. The van der Waals surface area contributed by atoms with Gasteiger partial charge in [0.15, 0.2) is 0 Å². The van der Waals surface area contributed by atoms with Gasteiger partial charge in [-0.2, -0.15) is 0 Å². The second kappa shape index (κ2) is 6.69. The van der Waals surface area contributed by atoms with Gasteiger partial charge in [0.2, 0.25) is 0 Å². The fourth-order valence-electron chi connectivity index (χ4n) is 2.27. The van der Waals surface area contributed by atoms with Gasteiger partial charge in [0.1, 0.15) is 0 Å². The molecule has 1 heterocycles. The zero-order valence-corrected chi connectivity index (χ0v) is 14.1. The lowest BCUT2D eigenvalue weighted by Gasteiger charge is -2.20. The van der Waals surface area contributed by atoms with Crippen LogP contribution in [0.25, 0.3) is 0 Å². The van der Waals surface area contributed by atoms with E-state index in [4.69, 9.17) is 0 Å². The molecule has 0 saturated heterocycles. The van der Waals surface area contributed by atoms with Crippen LogP contribution in [0.4, 0.5) is 0 Å². The Hall–Kier alpha value is -0.640. The molecule has 0 amide bonds. The monoisotopic (exact) mass is 337 g/mol. The van der Waals surface area contributed by atoms with E-state index in [9.17, 15) is 0 Å². The van der Waals surface area contributed by atoms with Gasteiger partial charge in [-0.3, -0.25) is 0 Å². The van der Waals surface area contributed by atoms with Gasteiger partial charge in [-0.25, -0.2) is 0 Å². The Morgan fingerprint density at radius 3 is 2.63 bits per heavy atom. The molecule has 0 aliphatic rings. The van der Waals surface area contributed by atoms with Crippen LogP contribution in [0.5, 0.6) is 0 Å². The highest BCUT2D eigenvalue weighted by Gasteiger charge is 2.16. The van der Waals surface area contributed by atoms with E-state index < -0.39 is 0 Å². The van der Waals surface area contributed by atoms with Crippen LogP contribution < -0.4 is 5.32 Å². The molecule has 0 fully saturated rings. The Morgan fingerprint density at radius 2 is 2.05 bits per heavy atom. The van der Waals surface area contributed by atoms with Crippen molar-refractivity contribution in [2.24, 2.45) is 0 Å². The summed E-state index contributed by atoms with van der Waals surface area (Å²) < 4.78 is 1.14. The normalized spacial score (nSPS) is 12.6. The maximum Gasteiger partial charge on any atom is 0.0587 e. The molecular formula is C16H20BrNS. The molecule has 2 aromatic rings. The van der Waals surface area contributed by atoms with Gasteiger partial charge >= 0.3 is 0 Å². The molecule has 0 saturated carbocycles. The van der Waals surface area contributed by atoms with Crippen LogP contribution in [-0.4, -0.2) is 6.54 Å². The number of rotatable bonds is 5. The lowest BCUT2D eigenvalue weighted by atomic mass is 9.96. The van der Waals surface area contributed by atoms with Crippen molar-refractivity contribution in [2.75, 3.05) is 6.54 Å². The molecule has 1 N–H and O–H groups in total. The molecule has 0 aliphatic heterocycles. The number of hydrogen-bond donors (Lipinski definition) is 1. The molecule has 1 aromatic carbocycles. The highest BCUT2D eigenvalue weighted by Crippen LogP contribution is 2.29. The van der Waals surface area contributed by atoms with Gasteiger partial charge in [-0.15, -0.1) is 11.3 Å². The smallest absolute Gasteiger partial charge is 0.0587 e. The van der Waals surface area contributed by atoms with Gasteiger partial charge < -0.3 is 5.32 Å². The van der Waals surface area contributed by atoms with E-state index >= 15 is 0 Å². The Morgan fingerprint density at radius 1 is 1.26 bits per heavy atom. The molecule has 0 bridgehead atoms. The van der Waals surface area contributed by atoms with E-state index in [2.05, 4.69) is 71.7 Å². The number of halogens is 1. The van der Waals surface area contributed by atoms with Crippen molar-refractivity contribution < 1.29 is 0 Å². The topological polar surface area (TPSA) is 12.0 Å². The summed E-state index contributed by atoms with van der Waals surface area (Å²) in [7, 11) is 0. The molecule has 1 nitrogen and oxygen atoms in total. The predicted octanol–water partition coefficient (Wildman–Crippen LogP) is 5.22. The van der Waals surface area contributed by atoms with E-state index in [-0.39, 0.29) is 0 Å². The highest BCUT2D eigenvalue weighted by atomic mass is 79.9. The molecule has 2 rings (SSSR count). The summed E-state index contributed by atoms with van der Waals surface area (Å²) in [6.07, 6.45) is 1.15. The molecule has 0 radical (unpaired) electrons. The molecule has 1 atom stereocenters. The van der Waals surface area contributed by atoms with Crippen LogP contribution in [-0.2, 0) is 0 Å². The summed E-state index contributed by atoms with van der Waals surface area (Å²) in [6.45, 7) is 7.59. The Kier molecular flexibility index (Phi) is 5.20. The van der Waals surface area contributed by atoms with Crippen LogP contribution in [0.3, 0.4) is 0 Å². The molecule has 0 aliphatic carbocycles. The number of thiophene rings is 1. The lowest BCUT2D eigenvalue weighted by molar-refractivity contribution is 0.597. The Labute approximate surface area is 128 Å². The van der Waals surface area contributed by atoms with Crippen molar-refractivity contribution in [2.45, 2.75) is 33.2 Å². The quantitative estimate of drug-likeness (QED) is 0.788. The standard InChI is InChI=1S/C16H20BrNS/c1-4-7-18-16(13-9-12(3)19-10-13)15-6-5-14(17)8-11(15)2/h5-6,8-10,16,18H,4,7H2,1-3H3. The minimum Gasteiger partial charge on any atom is -0.306 e. The molecule has 3 heteroatoms. The zero-order valence-electron chi connectivity index (χ0n) is 11.7. The third-order valence-corrected chi connectivity index (χ3v) is 4.60. The second-order valence-electron chi connectivity index (χ2n) is 4.88. The second-order valence-corrected chi connectivity index (χ2v) is 6.91. The first-order valence-electron chi connectivity index (χ1n) is 6.66. The van der Waals surface area contributed by atoms with Crippen LogP contribution >= 0.6 is 27.3 Å². The van der Waals surface area contributed by atoms with Crippen molar-refractivity contribution in [1.82, 2.24) is 5.32 Å². The molecule has 102 valence electrons. The van der Waals surface area contributed by atoms with E-state index in [0.29, 0.717) is 6.04 Å². The molecule has 0 spiro atoms. The minimum atomic E-state index is 0.304. The van der Waals surface area contributed by atoms with Crippen molar-refractivity contribution in [1.29, 1.82) is 0 Å². The van der Waals surface area contributed by atoms with Gasteiger partial charge in [-0.1, -0.05) is 28.9 Å². The van der Waals surface area contributed by atoms with Crippen molar-refractivity contribution >= 4 is 27.3 Å². The fourth-order valence-corrected chi connectivity index (χ4v) is 3.48. The maximum atomic E-state index is 3.67. The van der Waals surface area contributed by atoms with Gasteiger partial charge in [0.25, 0.3) is 0 Å². The fraction of sp³-hybridized carbons (Fsp3) is 0.375. The Balaban J connectivity index is 2.36. The zero-order chi connectivity index (χ0) is 13.8. The van der Waals surface area contributed by atoms with Crippen LogP contribution in [0.2, 0.25) is 0 Å². The highest BCUT2D eigenvalue weighted by molar-refractivity contribution is 9.10. The number of nitrogens with one attached hydrogen (secondary N) is 1. The van der Waals surface area contributed by atoms with Crippen LogP contribution in [0, 0.1) is 13.8 Å². The van der Waals surface area contributed by atoms with Crippen LogP contribution in [0.1, 0.15) is 41.0 Å². The molecule has 19 heavy (non-hydrogen) atoms. The number of hydrogen-bond acceptors (Lipinski definition) is 2. The Bertz CT molecular complexity index is 547.